The van der Waals surface area contributed by atoms with E-state index in [0.717, 1.165) is 25.0 Å². The van der Waals surface area contributed by atoms with E-state index in [1.807, 2.05) is 13.8 Å². The standard InChI is InChI=1S/C15H22F2N2O/c1-15(2,6-3-7-18)10-19-14(20)8-11-4-5-12(16)9-13(11)17/h4-5,9H,3,6-8,10,18H2,1-2H3,(H,19,20). The van der Waals surface area contributed by atoms with Crippen LogP contribution in [-0.2, 0) is 11.2 Å². The van der Waals surface area contributed by atoms with Crippen molar-refractivity contribution in [1.82, 2.24) is 5.32 Å². The molecule has 0 bridgehead atoms. The van der Waals surface area contributed by atoms with Gasteiger partial charge in [-0.25, -0.2) is 8.78 Å². The fourth-order valence-electron chi connectivity index (χ4n) is 1.91. The number of hydrogen-bond donors (Lipinski definition) is 2. The molecule has 0 heterocycles. The Labute approximate surface area is 118 Å². The second-order valence-electron chi connectivity index (χ2n) is 5.75. The van der Waals surface area contributed by atoms with E-state index in [4.69, 9.17) is 5.73 Å². The molecule has 1 amide bonds. The molecule has 112 valence electrons. The van der Waals surface area contributed by atoms with E-state index < -0.39 is 11.6 Å². The normalized spacial score (nSPS) is 11.4. The lowest BCUT2D eigenvalue weighted by molar-refractivity contribution is -0.120. The Kier molecular flexibility index (Phi) is 6.07. The van der Waals surface area contributed by atoms with Gasteiger partial charge in [-0.1, -0.05) is 19.9 Å². The van der Waals surface area contributed by atoms with Crippen molar-refractivity contribution in [2.24, 2.45) is 11.1 Å². The first-order chi connectivity index (χ1) is 9.34. The first-order valence-corrected chi connectivity index (χ1v) is 6.75. The Morgan fingerprint density at radius 3 is 2.65 bits per heavy atom. The monoisotopic (exact) mass is 284 g/mol. The maximum absolute atomic E-state index is 13.4. The number of amides is 1. The van der Waals surface area contributed by atoms with E-state index >= 15 is 0 Å². The minimum atomic E-state index is -0.692. The van der Waals surface area contributed by atoms with Crippen LogP contribution in [0.2, 0.25) is 0 Å². The molecule has 0 aliphatic heterocycles. The van der Waals surface area contributed by atoms with Gasteiger partial charge in [-0.05, 0) is 36.4 Å². The summed E-state index contributed by atoms with van der Waals surface area (Å²) in [5.74, 6) is -1.60. The molecule has 0 spiro atoms. The molecule has 0 atom stereocenters. The summed E-state index contributed by atoms with van der Waals surface area (Å²) in [6.07, 6.45) is 1.73. The van der Waals surface area contributed by atoms with E-state index in [-0.39, 0.29) is 23.3 Å². The van der Waals surface area contributed by atoms with Gasteiger partial charge in [-0.3, -0.25) is 4.79 Å². The molecule has 1 rings (SSSR count). The molecule has 3 nitrogen and oxygen atoms in total. The molecular weight excluding hydrogens is 262 g/mol. The highest BCUT2D eigenvalue weighted by Crippen LogP contribution is 2.20. The molecule has 0 saturated carbocycles. The number of nitrogens with two attached hydrogens (primary N) is 1. The van der Waals surface area contributed by atoms with Crippen LogP contribution in [0, 0.1) is 17.0 Å². The lowest BCUT2D eigenvalue weighted by atomic mass is 9.87. The molecule has 0 saturated heterocycles. The van der Waals surface area contributed by atoms with Gasteiger partial charge in [0, 0.05) is 12.6 Å². The second-order valence-corrected chi connectivity index (χ2v) is 5.75. The highest BCUT2D eigenvalue weighted by atomic mass is 19.1. The van der Waals surface area contributed by atoms with E-state index in [0.29, 0.717) is 13.1 Å². The lowest BCUT2D eigenvalue weighted by Gasteiger charge is -2.24. The molecule has 0 radical (unpaired) electrons. The third kappa shape index (κ3) is 5.65. The third-order valence-electron chi connectivity index (χ3n) is 3.19. The van der Waals surface area contributed by atoms with Crippen LogP contribution in [0.4, 0.5) is 8.78 Å². The van der Waals surface area contributed by atoms with Gasteiger partial charge in [0.1, 0.15) is 11.6 Å². The Hall–Kier alpha value is -1.49. The van der Waals surface area contributed by atoms with Gasteiger partial charge in [0.25, 0.3) is 0 Å². The average Bonchev–Trinajstić information content (AvgIpc) is 2.38. The minimum Gasteiger partial charge on any atom is -0.355 e. The van der Waals surface area contributed by atoms with Crippen LogP contribution in [0.3, 0.4) is 0 Å². The highest BCUT2D eigenvalue weighted by Gasteiger charge is 2.18. The molecule has 0 unspecified atom stereocenters. The van der Waals surface area contributed by atoms with Crippen LogP contribution in [0.25, 0.3) is 0 Å². The largest absolute Gasteiger partial charge is 0.355 e. The SMILES string of the molecule is CC(C)(CCCN)CNC(=O)Cc1ccc(F)cc1F. The smallest absolute Gasteiger partial charge is 0.224 e. The van der Waals surface area contributed by atoms with Crippen LogP contribution in [0.5, 0.6) is 0 Å². The molecule has 3 N–H and O–H groups in total. The summed E-state index contributed by atoms with van der Waals surface area (Å²) in [6.45, 7) is 5.22. The van der Waals surface area contributed by atoms with Crippen molar-refractivity contribution in [2.45, 2.75) is 33.1 Å². The maximum atomic E-state index is 13.4. The first-order valence-electron chi connectivity index (χ1n) is 6.75. The zero-order chi connectivity index (χ0) is 15.2. The Bertz CT molecular complexity index is 461. The summed E-state index contributed by atoms with van der Waals surface area (Å²) < 4.78 is 26.2. The molecule has 0 fully saturated rings. The number of carbonyl (C=O) groups excluding carboxylic acids is 1. The Morgan fingerprint density at radius 2 is 2.05 bits per heavy atom. The van der Waals surface area contributed by atoms with Crippen LogP contribution >= 0.6 is 0 Å². The topological polar surface area (TPSA) is 55.1 Å². The Balaban J connectivity index is 2.47. The van der Waals surface area contributed by atoms with Gasteiger partial charge in [0.2, 0.25) is 5.91 Å². The summed E-state index contributed by atoms with van der Waals surface area (Å²) in [5.41, 5.74) is 5.62. The fraction of sp³-hybridized carbons (Fsp3) is 0.533. The van der Waals surface area contributed by atoms with Crippen LogP contribution in [0.15, 0.2) is 18.2 Å². The number of nitrogens with one attached hydrogen (secondary N) is 1. The third-order valence-corrected chi connectivity index (χ3v) is 3.19. The van der Waals surface area contributed by atoms with Gasteiger partial charge in [0.05, 0.1) is 6.42 Å². The van der Waals surface area contributed by atoms with Gasteiger partial charge in [-0.15, -0.1) is 0 Å². The molecule has 5 heteroatoms. The quantitative estimate of drug-likeness (QED) is 0.807. The number of halogens is 2. The van der Waals surface area contributed by atoms with Crippen molar-refractivity contribution in [1.29, 1.82) is 0 Å². The van der Waals surface area contributed by atoms with Crippen molar-refractivity contribution in [2.75, 3.05) is 13.1 Å². The van der Waals surface area contributed by atoms with Gasteiger partial charge in [-0.2, -0.15) is 0 Å². The minimum absolute atomic E-state index is 0.0453. The summed E-state index contributed by atoms with van der Waals surface area (Å²) in [6, 6.07) is 3.23. The zero-order valence-corrected chi connectivity index (χ0v) is 12.0. The predicted octanol–water partition coefficient (Wildman–Crippen LogP) is 2.39. The van der Waals surface area contributed by atoms with Crippen molar-refractivity contribution in [3.8, 4) is 0 Å². The van der Waals surface area contributed by atoms with Crippen LogP contribution in [-0.4, -0.2) is 19.0 Å². The molecule has 20 heavy (non-hydrogen) atoms. The van der Waals surface area contributed by atoms with Crippen LogP contribution < -0.4 is 11.1 Å². The number of hydrogen-bond acceptors (Lipinski definition) is 2. The average molecular weight is 284 g/mol. The van der Waals surface area contributed by atoms with E-state index in [2.05, 4.69) is 5.32 Å². The van der Waals surface area contributed by atoms with Gasteiger partial charge >= 0.3 is 0 Å². The number of rotatable bonds is 7. The molecule has 1 aromatic rings. The fourth-order valence-corrected chi connectivity index (χ4v) is 1.91. The molecular formula is C15H22F2N2O. The molecule has 0 aliphatic carbocycles. The molecule has 0 aromatic heterocycles. The maximum Gasteiger partial charge on any atom is 0.224 e. The predicted molar refractivity (Wildman–Crippen MR) is 75.1 cm³/mol. The van der Waals surface area contributed by atoms with E-state index in [1.54, 1.807) is 0 Å². The summed E-state index contributed by atoms with van der Waals surface area (Å²) >= 11 is 0. The highest BCUT2D eigenvalue weighted by molar-refractivity contribution is 5.78. The molecule has 0 aliphatic rings. The number of carbonyl (C=O) groups is 1. The van der Waals surface area contributed by atoms with Crippen LogP contribution in [0.1, 0.15) is 32.3 Å². The van der Waals surface area contributed by atoms with Crippen molar-refractivity contribution >= 4 is 5.91 Å². The zero-order valence-electron chi connectivity index (χ0n) is 12.0. The lowest BCUT2D eigenvalue weighted by Crippen LogP contribution is -2.35. The van der Waals surface area contributed by atoms with Crippen molar-refractivity contribution < 1.29 is 13.6 Å². The van der Waals surface area contributed by atoms with Gasteiger partial charge in [0.15, 0.2) is 0 Å². The van der Waals surface area contributed by atoms with E-state index in [9.17, 15) is 13.6 Å². The first kappa shape index (κ1) is 16.6. The second kappa shape index (κ2) is 7.33. The summed E-state index contributed by atoms with van der Waals surface area (Å²) in [7, 11) is 0. The molecule has 1 aromatic carbocycles. The van der Waals surface area contributed by atoms with Crippen molar-refractivity contribution in [3.05, 3.63) is 35.4 Å². The summed E-state index contributed by atoms with van der Waals surface area (Å²) in [4.78, 5) is 11.8. The van der Waals surface area contributed by atoms with Crippen molar-refractivity contribution in [3.63, 3.8) is 0 Å². The number of benzene rings is 1. The van der Waals surface area contributed by atoms with E-state index in [1.165, 1.54) is 6.07 Å². The Morgan fingerprint density at radius 1 is 1.35 bits per heavy atom. The van der Waals surface area contributed by atoms with Gasteiger partial charge < -0.3 is 11.1 Å². The summed E-state index contributed by atoms with van der Waals surface area (Å²) in [5, 5.41) is 2.78.